The lowest BCUT2D eigenvalue weighted by Gasteiger charge is -2.23. The van der Waals surface area contributed by atoms with Gasteiger partial charge in [-0.25, -0.2) is 4.42 Å². The Morgan fingerprint density at radius 1 is 1.26 bits per heavy atom. The van der Waals surface area contributed by atoms with Gasteiger partial charge in [0.2, 0.25) is 5.82 Å². The van der Waals surface area contributed by atoms with E-state index in [4.69, 9.17) is 26.8 Å². The topological polar surface area (TPSA) is 77.4 Å². The van der Waals surface area contributed by atoms with Crippen LogP contribution >= 0.6 is 11.8 Å². The van der Waals surface area contributed by atoms with Gasteiger partial charge in [-0.3, -0.25) is 0 Å². The zero-order valence-corrected chi connectivity index (χ0v) is 16.0. The highest BCUT2D eigenvalue weighted by Crippen LogP contribution is 2.32. The highest BCUT2D eigenvalue weighted by Gasteiger charge is 2.21. The minimum atomic E-state index is 0.0568. The Morgan fingerprint density at radius 2 is 2.11 bits per heavy atom. The summed E-state index contributed by atoms with van der Waals surface area (Å²) in [7, 11) is 0. The SMILES string of the molecule is CC(C)Oc1ccc(-c2nc(-c3cccc4c3CCN(Cl)C4)no2)cc1N. The van der Waals surface area contributed by atoms with Crippen molar-refractivity contribution >= 4 is 17.5 Å². The van der Waals surface area contributed by atoms with Gasteiger partial charge in [0.15, 0.2) is 0 Å². The molecule has 27 heavy (non-hydrogen) atoms. The number of hydrogen-bond donors (Lipinski definition) is 1. The number of benzene rings is 2. The summed E-state index contributed by atoms with van der Waals surface area (Å²) in [6.07, 6.45) is 0.911. The molecule has 6 nitrogen and oxygen atoms in total. The molecular weight excluding hydrogens is 364 g/mol. The van der Waals surface area contributed by atoms with E-state index in [1.807, 2.05) is 38.1 Å². The minimum Gasteiger partial charge on any atom is -0.489 e. The van der Waals surface area contributed by atoms with Gasteiger partial charge in [0.25, 0.3) is 5.89 Å². The first-order valence-electron chi connectivity index (χ1n) is 8.93. The van der Waals surface area contributed by atoms with E-state index in [0.717, 1.165) is 24.1 Å². The van der Waals surface area contributed by atoms with Gasteiger partial charge in [-0.15, -0.1) is 0 Å². The van der Waals surface area contributed by atoms with Crippen molar-refractivity contribution in [2.75, 3.05) is 12.3 Å². The van der Waals surface area contributed by atoms with E-state index in [0.29, 0.717) is 29.7 Å². The van der Waals surface area contributed by atoms with Crippen LogP contribution in [0.1, 0.15) is 25.0 Å². The molecule has 140 valence electrons. The van der Waals surface area contributed by atoms with E-state index in [9.17, 15) is 0 Å². The van der Waals surface area contributed by atoms with E-state index in [1.165, 1.54) is 11.1 Å². The quantitative estimate of drug-likeness (QED) is 0.534. The van der Waals surface area contributed by atoms with Crippen LogP contribution in [0.3, 0.4) is 0 Å². The fraction of sp³-hybridized carbons (Fsp3) is 0.300. The van der Waals surface area contributed by atoms with Gasteiger partial charge in [-0.2, -0.15) is 4.98 Å². The van der Waals surface area contributed by atoms with Crippen LogP contribution in [-0.2, 0) is 13.0 Å². The van der Waals surface area contributed by atoms with Crippen molar-refractivity contribution in [2.24, 2.45) is 0 Å². The van der Waals surface area contributed by atoms with Gasteiger partial charge in [0.05, 0.1) is 11.8 Å². The molecule has 0 aliphatic carbocycles. The third-order valence-corrected chi connectivity index (χ3v) is 4.79. The fourth-order valence-corrected chi connectivity index (χ4v) is 3.49. The Hall–Kier alpha value is -2.57. The second-order valence-corrected chi connectivity index (χ2v) is 7.36. The van der Waals surface area contributed by atoms with Crippen molar-refractivity contribution in [3.05, 3.63) is 47.5 Å². The molecule has 1 aliphatic rings. The standard InChI is InChI=1S/C20H21ClN4O2/c1-12(2)26-18-7-6-13(10-17(18)22)20-23-19(24-27-20)16-5-3-4-14-11-25(21)9-8-15(14)16/h3-7,10,12H,8-9,11,22H2,1-2H3. The summed E-state index contributed by atoms with van der Waals surface area (Å²) in [5, 5.41) is 4.19. The smallest absolute Gasteiger partial charge is 0.258 e. The van der Waals surface area contributed by atoms with Crippen LogP contribution in [0, 0.1) is 0 Å². The maximum atomic E-state index is 6.15. The van der Waals surface area contributed by atoms with Gasteiger partial charge in [0.1, 0.15) is 5.75 Å². The number of nitrogen functional groups attached to an aromatic ring is 1. The molecule has 0 unspecified atom stereocenters. The third kappa shape index (κ3) is 3.63. The number of aromatic nitrogens is 2. The Labute approximate surface area is 163 Å². The van der Waals surface area contributed by atoms with Crippen LogP contribution in [0.4, 0.5) is 5.69 Å². The number of ether oxygens (including phenoxy) is 1. The lowest BCUT2D eigenvalue weighted by atomic mass is 9.95. The van der Waals surface area contributed by atoms with Crippen LogP contribution in [-0.4, -0.2) is 27.2 Å². The first-order chi connectivity index (χ1) is 13.0. The lowest BCUT2D eigenvalue weighted by molar-refractivity contribution is 0.244. The van der Waals surface area contributed by atoms with E-state index < -0.39 is 0 Å². The van der Waals surface area contributed by atoms with Gasteiger partial charge in [0, 0.05) is 24.2 Å². The monoisotopic (exact) mass is 384 g/mol. The van der Waals surface area contributed by atoms with Crippen LogP contribution in [0.15, 0.2) is 40.9 Å². The molecule has 0 saturated carbocycles. The van der Waals surface area contributed by atoms with Gasteiger partial charge in [-0.1, -0.05) is 23.4 Å². The molecule has 7 heteroatoms. The van der Waals surface area contributed by atoms with Crippen LogP contribution in [0.2, 0.25) is 0 Å². The summed E-state index contributed by atoms with van der Waals surface area (Å²) in [6, 6.07) is 11.6. The number of fused-ring (bicyclic) bond motifs is 1. The Kier molecular flexibility index (Phi) is 4.76. The average molecular weight is 385 g/mol. The lowest BCUT2D eigenvalue weighted by Crippen LogP contribution is -2.22. The van der Waals surface area contributed by atoms with E-state index >= 15 is 0 Å². The second-order valence-electron chi connectivity index (χ2n) is 6.88. The molecule has 0 spiro atoms. The van der Waals surface area contributed by atoms with Gasteiger partial charge in [-0.05, 0) is 61.4 Å². The zero-order valence-electron chi connectivity index (χ0n) is 15.3. The van der Waals surface area contributed by atoms with Crippen molar-refractivity contribution in [1.82, 2.24) is 14.6 Å². The fourth-order valence-electron chi connectivity index (χ4n) is 3.28. The van der Waals surface area contributed by atoms with E-state index in [-0.39, 0.29) is 6.10 Å². The number of hydrogen-bond acceptors (Lipinski definition) is 6. The number of halogens is 1. The van der Waals surface area contributed by atoms with Crippen molar-refractivity contribution in [3.8, 4) is 28.6 Å². The summed E-state index contributed by atoms with van der Waals surface area (Å²) in [5.74, 6) is 1.65. The average Bonchev–Trinajstić information content (AvgIpc) is 3.12. The molecule has 3 aromatic rings. The highest BCUT2D eigenvalue weighted by molar-refractivity contribution is 6.13. The molecule has 0 saturated heterocycles. The van der Waals surface area contributed by atoms with Crippen molar-refractivity contribution in [2.45, 2.75) is 32.9 Å². The maximum Gasteiger partial charge on any atom is 0.258 e. The molecule has 1 aromatic heterocycles. The number of anilines is 1. The molecule has 1 aliphatic heterocycles. The largest absolute Gasteiger partial charge is 0.489 e. The maximum absolute atomic E-state index is 6.15. The Balaban J connectivity index is 1.65. The van der Waals surface area contributed by atoms with Crippen molar-refractivity contribution in [3.63, 3.8) is 0 Å². The van der Waals surface area contributed by atoms with Crippen LogP contribution in [0.5, 0.6) is 5.75 Å². The second kappa shape index (κ2) is 7.21. The predicted molar refractivity (Wildman–Crippen MR) is 105 cm³/mol. The highest BCUT2D eigenvalue weighted by atomic mass is 35.5. The molecular formula is C20H21ClN4O2. The number of rotatable bonds is 4. The van der Waals surface area contributed by atoms with E-state index in [1.54, 1.807) is 10.5 Å². The van der Waals surface area contributed by atoms with Crippen molar-refractivity contribution < 1.29 is 9.26 Å². The Bertz CT molecular complexity index is 970. The number of nitrogens with two attached hydrogens (primary N) is 1. The molecule has 0 atom stereocenters. The molecule has 2 N–H and O–H groups in total. The van der Waals surface area contributed by atoms with E-state index in [2.05, 4.69) is 16.2 Å². The number of nitrogens with zero attached hydrogens (tertiary/aromatic N) is 3. The third-order valence-electron chi connectivity index (χ3n) is 4.51. The Morgan fingerprint density at radius 3 is 2.89 bits per heavy atom. The van der Waals surface area contributed by atoms with Crippen molar-refractivity contribution in [1.29, 1.82) is 0 Å². The first-order valence-corrected chi connectivity index (χ1v) is 9.27. The molecule has 4 rings (SSSR count). The molecule has 0 fully saturated rings. The van der Waals surface area contributed by atoms with Crippen LogP contribution < -0.4 is 10.5 Å². The normalized spacial score (nSPS) is 14.4. The molecule has 0 radical (unpaired) electrons. The summed E-state index contributed by atoms with van der Waals surface area (Å²) >= 11 is 6.15. The summed E-state index contributed by atoms with van der Waals surface area (Å²) in [4.78, 5) is 4.59. The zero-order chi connectivity index (χ0) is 19.0. The van der Waals surface area contributed by atoms with Gasteiger partial charge < -0.3 is 15.0 Å². The first kappa shape index (κ1) is 17.8. The van der Waals surface area contributed by atoms with Crippen LogP contribution in [0.25, 0.3) is 22.8 Å². The molecule has 2 heterocycles. The minimum absolute atomic E-state index is 0.0568. The molecule has 0 amide bonds. The molecule has 2 aromatic carbocycles. The van der Waals surface area contributed by atoms with Gasteiger partial charge >= 0.3 is 0 Å². The predicted octanol–water partition coefficient (Wildman–Crippen LogP) is 4.28. The summed E-state index contributed by atoms with van der Waals surface area (Å²) in [6.45, 7) is 5.43. The summed E-state index contributed by atoms with van der Waals surface area (Å²) < 4.78 is 13.0. The molecule has 0 bridgehead atoms. The summed E-state index contributed by atoms with van der Waals surface area (Å²) in [5.41, 5.74) is 10.8.